The number of ketones is 1. The van der Waals surface area contributed by atoms with Crippen molar-refractivity contribution in [2.24, 2.45) is 0 Å². The van der Waals surface area contributed by atoms with Gasteiger partial charge in [0.05, 0.1) is 19.6 Å². The molecule has 240 valence electrons. The van der Waals surface area contributed by atoms with E-state index in [4.69, 9.17) is 14.2 Å². The fraction of sp³-hybridized carbons (Fsp3) is 0.879. The third-order valence-corrected chi connectivity index (χ3v) is 7.78. The largest absolute Gasteiger partial charge is 0.394 e. The summed E-state index contributed by atoms with van der Waals surface area (Å²) < 4.78 is 17.6. The average molecular weight is 584 g/mol. The maximum Gasteiger partial charge on any atom is 0.227 e. The molecule has 0 bridgehead atoms. The molecule has 1 amide bonds. The Balaban J connectivity index is 2.56. The lowest BCUT2D eigenvalue weighted by Gasteiger charge is -2.44. The Hall–Kier alpha value is -1.32. The van der Waals surface area contributed by atoms with Crippen LogP contribution in [0.3, 0.4) is 0 Å². The third kappa shape index (κ3) is 17.4. The van der Waals surface area contributed by atoms with Crippen molar-refractivity contribution >= 4 is 11.7 Å². The second-order valence-electron chi connectivity index (χ2n) is 11.5. The summed E-state index contributed by atoms with van der Waals surface area (Å²) in [4.78, 5) is 25.4. The molecule has 1 aliphatic heterocycles. The van der Waals surface area contributed by atoms with Crippen molar-refractivity contribution < 1.29 is 34.0 Å². The van der Waals surface area contributed by atoms with Gasteiger partial charge >= 0.3 is 0 Å². The maximum atomic E-state index is 12.9. The molecule has 8 nitrogen and oxygen atoms in total. The van der Waals surface area contributed by atoms with Gasteiger partial charge in [-0.25, -0.2) is 0 Å². The van der Waals surface area contributed by atoms with Crippen LogP contribution in [-0.4, -0.2) is 72.4 Å². The molecule has 3 N–H and O–H groups in total. The highest BCUT2D eigenvalue weighted by Gasteiger charge is 2.47. The minimum absolute atomic E-state index is 0.101. The minimum atomic E-state index is -1.15. The number of carbonyl (C=O) groups is 2. The molecular formula is C33H61NO7. The van der Waals surface area contributed by atoms with Crippen molar-refractivity contribution in [1.82, 2.24) is 5.32 Å². The second-order valence-corrected chi connectivity index (χ2v) is 11.5. The van der Waals surface area contributed by atoms with Crippen LogP contribution in [0.25, 0.3) is 0 Å². The van der Waals surface area contributed by atoms with E-state index in [2.05, 4.69) is 25.7 Å². The zero-order valence-electron chi connectivity index (χ0n) is 26.2. The Kier molecular flexibility index (Phi) is 23.2. The predicted octanol–water partition coefficient (Wildman–Crippen LogP) is 6.16. The number of hydrogen-bond donors (Lipinski definition) is 3. The first kappa shape index (κ1) is 37.7. The fourth-order valence-corrected chi connectivity index (χ4v) is 5.32. The molecule has 0 aromatic heterocycles. The average Bonchev–Trinajstić information content (AvgIpc) is 2.96. The van der Waals surface area contributed by atoms with Gasteiger partial charge < -0.3 is 29.7 Å². The number of aliphatic hydroxyl groups is 2. The lowest BCUT2D eigenvalue weighted by Crippen LogP contribution is -2.65. The number of rotatable bonds is 27. The molecule has 41 heavy (non-hydrogen) atoms. The van der Waals surface area contributed by atoms with Crippen LogP contribution in [0.1, 0.15) is 136 Å². The number of amides is 1. The van der Waals surface area contributed by atoms with E-state index in [1.807, 2.05) is 0 Å². The lowest BCUT2D eigenvalue weighted by molar-refractivity contribution is -0.274. The first-order chi connectivity index (χ1) is 20.0. The number of Topliss-reactive ketones (excluding diaryl/α,β-unsaturated/α-hetero) is 1. The smallest absolute Gasteiger partial charge is 0.227 e. The number of hydrogen-bond acceptors (Lipinski definition) is 7. The van der Waals surface area contributed by atoms with Gasteiger partial charge in [0, 0.05) is 13.0 Å². The van der Waals surface area contributed by atoms with Crippen molar-refractivity contribution in [3.63, 3.8) is 0 Å². The van der Waals surface area contributed by atoms with E-state index in [1.165, 1.54) is 70.6 Å². The monoisotopic (exact) mass is 583 g/mol. The van der Waals surface area contributed by atoms with Gasteiger partial charge in [-0.3, -0.25) is 9.59 Å². The van der Waals surface area contributed by atoms with Gasteiger partial charge in [-0.05, 0) is 12.8 Å². The van der Waals surface area contributed by atoms with Gasteiger partial charge in [0.15, 0.2) is 6.29 Å². The van der Waals surface area contributed by atoms with Crippen molar-refractivity contribution in [2.45, 2.75) is 166 Å². The Labute approximate surface area is 250 Å². The summed E-state index contributed by atoms with van der Waals surface area (Å²) in [6, 6.07) is -0.824. The van der Waals surface area contributed by atoms with E-state index in [-0.39, 0.29) is 18.8 Å². The number of carbonyl (C=O) groups excluding carboxylic acids is 2. The number of nitrogens with one attached hydrogen (secondary N) is 1. The van der Waals surface area contributed by atoms with Crippen LogP contribution in [0.5, 0.6) is 0 Å². The second kappa shape index (κ2) is 25.2. The molecule has 5 atom stereocenters. The summed E-state index contributed by atoms with van der Waals surface area (Å²) in [7, 11) is 0. The third-order valence-electron chi connectivity index (χ3n) is 7.78. The standard InChI is InChI=1S/C33H61NO7/c1-4-7-9-11-13-15-16-18-20-22-27(36)25-29(37)34-30-32(39-24-21-19-17-14-12-10-8-5-2)31(38)28(26-35)41-33(30)40-23-6-3/h6,28,30-33,35,38H,3-5,7-26H2,1-2H3,(H,34,37)/t28-,30-,31-,32-,33-/m1/s1. The Morgan fingerprint density at radius 2 is 1.37 bits per heavy atom. The van der Waals surface area contributed by atoms with Gasteiger partial charge in [0.1, 0.15) is 30.1 Å². The number of ether oxygens (including phenoxy) is 3. The van der Waals surface area contributed by atoms with Gasteiger partial charge in [0.2, 0.25) is 5.91 Å². The Morgan fingerprint density at radius 3 is 1.90 bits per heavy atom. The van der Waals surface area contributed by atoms with E-state index >= 15 is 0 Å². The van der Waals surface area contributed by atoms with Gasteiger partial charge in [-0.15, -0.1) is 6.58 Å². The fourth-order valence-electron chi connectivity index (χ4n) is 5.32. The molecule has 1 aliphatic rings. The molecule has 0 aliphatic carbocycles. The molecule has 0 aromatic carbocycles. The highest BCUT2D eigenvalue weighted by atomic mass is 16.7. The highest BCUT2D eigenvalue weighted by Crippen LogP contribution is 2.25. The van der Waals surface area contributed by atoms with E-state index in [9.17, 15) is 19.8 Å². The molecule has 1 saturated heterocycles. The maximum absolute atomic E-state index is 12.9. The van der Waals surface area contributed by atoms with Crippen molar-refractivity contribution in [1.29, 1.82) is 0 Å². The number of aliphatic hydroxyl groups excluding tert-OH is 2. The molecule has 0 saturated carbocycles. The van der Waals surface area contributed by atoms with Gasteiger partial charge in [-0.1, -0.05) is 116 Å². The number of unbranched alkanes of at least 4 members (excludes halogenated alkanes) is 15. The van der Waals surface area contributed by atoms with Crippen LogP contribution in [0.15, 0.2) is 12.7 Å². The predicted molar refractivity (Wildman–Crippen MR) is 164 cm³/mol. The van der Waals surface area contributed by atoms with Gasteiger partial charge in [0.25, 0.3) is 0 Å². The molecular weight excluding hydrogens is 522 g/mol. The molecule has 1 fully saturated rings. The van der Waals surface area contributed by atoms with Crippen LogP contribution in [0, 0.1) is 0 Å². The summed E-state index contributed by atoms with van der Waals surface area (Å²) in [6.07, 6.45) is 17.6. The first-order valence-electron chi connectivity index (χ1n) is 16.6. The van der Waals surface area contributed by atoms with Crippen LogP contribution in [0.4, 0.5) is 0 Å². The van der Waals surface area contributed by atoms with Crippen molar-refractivity contribution in [2.75, 3.05) is 19.8 Å². The zero-order valence-corrected chi connectivity index (χ0v) is 26.2. The van der Waals surface area contributed by atoms with E-state index < -0.39 is 43.2 Å². The van der Waals surface area contributed by atoms with Crippen LogP contribution in [-0.2, 0) is 23.8 Å². The SMILES string of the molecule is C=CCO[C@@H]1O[C@H](CO)[C@@H](O)[C@H](OCCCCCCCCCC)[C@H]1NC(=O)CC(=O)CCCCCCCCCCC. The lowest BCUT2D eigenvalue weighted by atomic mass is 9.96. The molecule has 8 heteroatoms. The van der Waals surface area contributed by atoms with Crippen LogP contribution in [0.2, 0.25) is 0 Å². The molecule has 1 rings (SSSR count). The molecule has 0 unspecified atom stereocenters. The molecule has 1 heterocycles. The molecule has 0 spiro atoms. The van der Waals surface area contributed by atoms with Crippen molar-refractivity contribution in [3.8, 4) is 0 Å². The Bertz CT molecular complexity index is 674. The van der Waals surface area contributed by atoms with Gasteiger partial charge in [-0.2, -0.15) is 0 Å². The minimum Gasteiger partial charge on any atom is -0.394 e. The van der Waals surface area contributed by atoms with E-state index in [1.54, 1.807) is 6.08 Å². The molecule has 0 radical (unpaired) electrons. The van der Waals surface area contributed by atoms with E-state index in [0.29, 0.717) is 13.0 Å². The normalized spacial score (nSPS) is 22.5. The summed E-state index contributed by atoms with van der Waals surface area (Å²) in [5, 5.41) is 23.5. The first-order valence-corrected chi connectivity index (χ1v) is 16.6. The van der Waals surface area contributed by atoms with Crippen molar-refractivity contribution in [3.05, 3.63) is 12.7 Å². The highest BCUT2D eigenvalue weighted by molar-refractivity contribution is 5.98. The van der Waals surface area contributed by atoms with Crippen LogP contribution < -0.4 is 5.32 Å². The summed E-state index contributed by atoms with van der Waals surface area (Å²) in [5.74, 6) is -0.544. The summed E-state index contributed by atoms with van der Waals surface area (Å²) in [6.45, 7) is 8.25. The summed E-state index contributed by atoms with van der Waals surface area (Å²) in [5.41, 5.74) is 0. The zero-order chi connectivity index (χ0) is 30.1. The van der Waals surface area contributed by atoms with Crippen LogP contribution >= 0.6 is 0 Å². The van der Waals surface area contributed by atoms with E-state index in [0.717, 1.165) is 38.5 Å². The Morgan fingerprint density at radius 1 is 0.829 bits per heavy atom. The topological polar surface area (TPSA) is 114 Å². The molecule has 0 aromatic rings. The summed E-state index contributed by atoms with van der Waals surface area (Å²) >= 11 is 0. The quantitative estimate of drug-likeness (QED) is 0.0603.